The van der Waals surface area contributed by atoms with Gasteiger partial charge >= 0.3 is 0 Å². The van der Waals surface area contributed by atoms with Crippen LogP contribution >= 0.6 is 0 Å². The molecule has 0 fully saturated rings. The van der Waals surface area contributed by atoms with Crippen molar-refractivity contribution in [1.82, 2.24) is 5.16 Å². The zero-order chi connectivity index (χ0) is 9.68. The molecule has 0 saturated carbocycles. The van der Waals surface area contributed by atoms with E-state index in [0.717, 1.165) is 0 Å². The van der Waals surface area contributed by atoms with Crippen molar-refractivity contribution >= 4 is 11.6 Å². The summed E-state index contributed by atoms with van der Waals surface area (Å²) in [7, 11) is 0. The lowest BCUT2D eigenvalue weighted by atomic mass is 10.2. The molecule has 5 heteroatoms. The third-order valence-electron chi connectivity index (χ3n) is 1.37. The number of rotatable bonds is 3. The van der Waals surface area contributed by atoms with E-state index in [1.54, 1.807) is 0 Å². The topological polar surface area (TPSA) is 81.2 Å². The van der Waals surface area contributed by atoms with Gasteiger partial charge in [-0.25, -0.2) is 0 Å². The highest BCUT2D eigenvalue weighted by Crippen LogP contribution is 2.04. The second kappa shape index (κ2) is 4.28. The highest BCUT2D eigenvalue weighted by atomic mass is 16.5. The minimum Gasteiger partial charge on any atom is -0.363 e. The molecule has 1 unspecified atom stereocenters. The van der Waals surface area contributed by atoms with Crippen LogP contribution in [0.1, 0.15) is 6.42 Å². The molecule has 1 aromatic rings. The summed E-state index contributed by atoms with van der Waals surface area (Å²) in [6, 6.07) is -0.695. The van der Waals surface area contributed by atoms with E-state index in [1.165, 1.54) is 12.5 Å². The smallest absolute Gasteiger partial charge is 0.242 e. The number of terminal acetylenes is 1. The molecule has 0 aliphatic carbocycles. The minimum absolute atomic E-state index is 0.205. The molecule has 1 aromatic heterocycles. The van der Waals surface area contributed by atoms with Gasteiger partial charge < -0.3 is 15.6 Å². The molecule has 0 saturated heterocycles. The van der Waals surface area contributed by atoms with Crippen LogP contribution < -0.4 is 11.1 Å². The van der Waals surface area contributed by atoms with Crippen LogP contribution in [-0.4, -0.2) is 17.1 Å². The Hall–Kier alpha value is -1.80. The first-order valence-electron chi connectivity index (χ1n) is 3.63. The molecule has 13 heavy (non-hydrogen) atoms. The van der Waals surface area contributed by atoms with E-state index in [-0.39, 0.29) is 12.3 Å². The molecule has 5 nitrogen and oxygen atoms in total. The third-order valence-corrected chi connectivity index (χ3v) is 1.37. The van der Waals surface area contributed by atoms with Crippen molar-refractivity contribution in [3.8, 4) is 12.3 Å². The van der Waals surface area contributed by atoms with Gasteiger partial charge in [-0.15, -0.1) is 12.3 Å². The van der Waals surface area contributed by atoms with Gasteiger partial charge in [0.15, 0.2) is 0 Å². The highest BCUT2D eigenvalue weighted by Gasteiger charge is 2.12. The Labute approximate surface area is 75.3 Å². The number of nitrogens with zero attached hydrogens (tertiary/aromatic N) is 1. The van der Waals surface area contributed by atoms with Crippen LogP contribution in [0, 0.1) is 12.3 Å². The molecule has 0 bridgehead atoms. The van der Waals surface area contributed by atoms with Crippen LogP contribution in [0.4, 0.5) is 5.69 Å². The van der Waals surface area contributed by atoms with E-state index in [4.69, 9.17) is 12.2 Å². The highest BCUT2D eigenvalue weighted by molar-refractivity contribution is 5.94. The summed E-state index contributed by atoms with van der Waals surface area (Å²) in [4.78, 5) is 11.2. The Morgan fingerprint density at radius 1 is 1.92 bits per heavy atom. The van der Waals surface area contributed by atoms with Crippen LogP contribution in [0.25, 0.3) is 0 Å². The molecular formula is C8H9N3O2. The monoisotopic (exact) mass is 179 g/mol. The van der Waals surface area contributed by atoms with E-state index in [2.05, 4.69) is 20.9 Å². The maximum Gasteiger partial charge on any atom is 0.242 e. The van der Waals surface area contributed by atoms with Crippen molar-refractivity contribution in [2.75, 3.05) is 5.32 Å². The third kappa shape index (κ3) is 2.61. The number of nitrogens with one attached hydrogen (secondary N) is 1. The standard InChI is InChI=1S/C8H9N3O2/c1-2-3-7(9)8(12)11-6-4-10-13-5-6/h1,4-5,7H,3,9H2,(H,11,12). The lowest BCUT2D eigenvalue weighted by Crippen LogP contribution is -2.35. The van der Waals surface area contributed by atoms with Crippen LogP contribution in [0.15, 0.2) is 17.0 Å². The Morgan fingerprint density at radius 2 is 2.69 bits per heavy atom. The number of anilines is 1. The molecule has 0 spiro atoms. The number of carbonyl (C=O) groups excluding carboxylic acids is 1. The van der Waals surface area contributed by atoms with Crippen molar-refractivity contribution in [2.24, 2.45) is 5.73 Å². The minimum atomic E-state index is -0.695. The second-order valence-electron chi connectivity index (χ2n) is 2.42. The van der Waals surface area contributed by atoms with Crippen molar-refractivity contribution in [3.63, 3.8) is 0 Å². The number of hydrogen-bond acceptors (Lipinski definition) is 4. The number of carbonyl (C=O) groups is 1. The number of aromatic nitrogens is 1. The number of amides is 1. The summed E-state index contributed by atoms with van der Waals surface area (Å²) in [5, 5.41) is 5.90. The summed E-state index contributed by atoms with van der Waals surface area (Å²) in [6.45, 7) is 0. The van der Waals surface area contributed by atoms with Gasteiger partial charge in [-0.2, -0.15) is 0 Å². The van der Waals surface area contributed by atoms with Gasteiger partial charge in [-0.1, -0.05) is 5.16 Å². The van der Waals surface area contributed by atoms with Gasteiger partial charge in [0.2, 0.25) is 5.91 Å². The first-order valence-corrected chi connectivity index (χ1v) is 3.63. The fourth-order valence-corrected chi connectivity index (χ4v) is 0.721. The summed E-state index contributed by atoms with van der Waals surface area (Å²) < 4.78 is 4.51. The summed E-state index contributed by atoms with van der Waals surface area (Å²) in [6.07, 6.45) is 7.89. The average molecular weight is 179 g/mol. The Morgan fingerprint density at radius 3 is 3.23 bits per heavy atom. The predicted octanol–water partition coefficient (Wildman–Crippen LogP) is -0.0363. The largest absolute Gasteiger partial charge is 0.363 e. The van der Waals surface area contributed by atoms with Crippen LogP contribution in [0.2, 0.25) is 0 Å². The number of nitrogens with two attached hydrogens (primary N) is 1. The number of hydrogen-bond donors (Lipinski definition) is 2. The van der Waals surface area contributed by atoms with Crippen molar-refractivity contribution in [1.29, 1.82) is 0 Å². The Kier molecular flexibility index (Phi) is 3.06. The second-order valence-corrected chi connectivity index (χ2v) is 2.42. The van der Waals surface area contributed by atoms with Gasteiger partial charge in [-0.3, -0.25) is 4.79 Å². The average Bonchev–Trinajstić information content (AvgIpc) is 2.57. The molecule has 68 valence electrons. The lowest BCUT2D eigenvalue weighted by molar-refractivity contribution is -0.117. The lowest BCUT2D eigenvalue weighted by Gasteiger charge is -2.06. The summed E-state index contributed by atoms with van der Waals surface area (Å²) in [5.41, 5.74) is 5.91. The van der Waals surface area contributed by atoms with Gasteiger partial charge in [-0.05, 0) is 0 Å². The fraction of sp³-hybridized carbons (Fsp3) is 0.250. The Bertz CT molecular complexity index is 313. The molecule has 1 amide bonds. The molecule has 1 atom stereocenters. The molecule has 1 rings (SSSR count). The maximum absolute atomic E-state index is 11.2. The molecule has 0 aromatic carbocycles. The van der Waals surface area contributed by atoms with E-state index in [9.17, 15) is 4.79 Å². The predicted molar refractivity (Wildman–Crippen MR) is 46.6 cm³/mol. The zero-order valence-electron chi connectivity index (χ0n) is 6.86. The molecule has 0 radical (unpaired) electrons. The van der Waals surface area contributed by atoms with E-state index in [1.807, 2.05) is 0 Å². The van der Waals surface area contributed by atoms with Crippen molar-refractivity contribution in [3.05, 3.63) is 12.5 Å². The van der Waals surface area contributed by atoms with Crippen molar-refractivity contribution in [2.45, 2.75) is 12.5 Å². The van der Waals surface area contributed by atoms with Crippen LogP contribution in [0.3, 0.4) is 0 Å². The first kappa shape index (κ1) is 9.29. The SMILES string of the molecule is C#CCC(N)C(=O)Nc1cnoc1. The van der Waals surface area contributed by atoms with Crippen LogP contribution in [0.5, 0.6) is 0 Å². The van der Waals surface area contributed by atoms with E-state index in [0.29, 0.717) is 5.69 Å². The van der Waals surface area contributed by atoms with Crippen LogP contribution in [-0.2, 0) is 4.79 Å². The molecule has 3 N–H and O–H groups in total. The van der Waals surface area contributed by atoms with Crippen molar-refractivity contribution < 1.29 is 9.32 Å². The molecule has 0 aliphatic heterocycles. The van der Waals surface area contributed by atoms with E-state index >= 15 is 0 Å². The molecule has 1 heterocycles. The summed E-state index contributed by atoms with van der Waals surface area (Å²) in [5.74, 6) is 1.96. The quantitative estimate of drug-likeness (QED) is 0.638. The van der Waals surface area contributed by atoms with Gasteiger partial charge in [0.05, 0.1) is 12.2 Å². The maximum atomic E-state index is 11.2. The fourth-order valence-electron chi connectivity index (χ4n) is 0.721. The molecule has 0 aliphatic rings. The normalized spacial score (nSPS) is 11.7. The molecular weight excluding hydrogens is 170 g/mol. The summed E-state index contributed by atoms with van der Waals surface area (Å²) >= 11 is 0. The van der Waals surface area contributed by atoms with Gasteiger partial charge in [0, 0.05) is 6.42 Å². The van der Waals surface area contributed by atoms with Gasteiger partial charge in [0.25, 0.3) is 0 Å². The Balaban J connectivity index is 2.47. The zero-order valence-corrected chi connectivity index (χ0v) is 6.86. The van der Waals surface area contributed by atoms with Gasteiger partial charge in [0.1, 0.15) is 12.0 Å². The van der Waals surface area contributed by atoms with E-state index < -0.39 is 6.04 Å². The first-order chi connectivity index (χ1) is 6.24.